The molecule has 2 N–H and O–H groups in total. The van der Waals surface area contributed by atoms with Gasteiger partial charge in [0.15, 0.2) is 5.82 Å². The van der Waals surface area contributed by atoms with Gasteiger partial charge >= 0.3 is 0 Å². The first-order valence-corrected chi connectivity index (χ1v) is 6.90. The van der Waals surface area contributed by atoms with E-state index in [9.17, 15) is 0 Å². The summed E-state index contributed by atoms with van der Waals surface area (Å²) in [5.41, 5.74) is 7.05. The van der Waals surface area contributed by atoms with Gasteiger partial charge in [-0.05, 0) is 43.4 Å². The molecule has 5 heteroatoms. The van der Waals surface area contributed by atoms with E-state index in [2.05, 4.69) is 17.1 Å². The van der Waals surface area contributed by atoms with E-state index in [4.69, 9.17) is 21.9 Å². The van der Waals surface area contributed by atoms with Crippen LogP contribution in [0, 0.1) is 5.92 Å². The average molecular weight is 278 g/mol. The van der Waals surface area contributed by atoms with Crippen LogP contribution in [0.1, 0.15) is 37.9 Å². The van der Waals surface area contributed by atoms with Crippen LogP contribution >= 0.6 is 11.6 Å². The van der Waals surface area contributed by atoms with E-state index < -0.39 is 0 Å². The summed E-state index contributed by atoms with van der Waals surface area (Å²) in [5.74, 6) is 2.50. The van der Waals surface area contributed by atoms with Gasteiger partial charge in [-0.25, -0.2) is 0 Å². The molecule has 1 aliphatic rings. The standard InChI is InChI=1S/C14H16ClN3O/c1-8-2-3-9(6-8)13-17-14(19-18-13)10-4-5-12(16)11(15)7-10/h4-5,7-9H,2-3,6,16H2,1H3. The summed E-state index contributed by atoms with van der Waals surface area (Å²) < 4.78 is 5.33. The van der Waals surface area contributed by atoms with Crippen LogP contribution in [0.5, 0.6) is 0 Å². The van der Waals surface area contributed by atoms with Crippen molar-refractivity contribution in [2.24, 2.45) is 5.92 Å². The molecule has 1 saturated carbocycles. The molecule has 2 atom stereocenters. The first-order valence-electron chi connectivity index (χ1n) is 6.52. The van der Waals surface area contributed by atoms with Crippen LogP contribution in [0.4, 0.5) is 5.69 Å². The number of aromatic nitrogens is 2. The minimum atomic E-state index is 0.428. The molecule has 2 unspecified atom stereocenters. The number of nitrogen functional groups attached to an aromatic ring is 1. The second kappa shape index (κ2) is 4.85. The Balaban J connectivity index is 1.86. The zero-order valence-corrected chi connectivity index (χ0v) is 11.5. The zero-order chi connectivity index (χ0) is 13.4. The van der Waals surface area contributed by atoms with Crippen LogP contribution in [0.25, 0.3) is 11.5 Å². The molecule has 100 valence electrons. The predicted molar refractivity (Wildman–Crippen MR) is 74.9 cm³/mol. The molecule has 1 aliphatic carbocycles. The van der Waals surface area contributed by atoms with Crippen LogP contribution in [0.15, 0.2) is 22.7 Å². The molecule has 0 radical (unpaired) electrons. The van der Waals surface area contributed by atoms with Crippen LogP contribution in [-0.2, 0) is 0 Å². The van der Waals surface area contributed by atoms with Gasteiger partial charge in [0, 0.05) is 11.5 Å². The van der Waals surface area contributed by atoms with Gasteiger partial charge in [0.2, 0.25) is 0 Å². The van der Waals surface area contributed by atoms with Crippen LogP contribution in [-0.4, -0.2) is 10.1 Å². The van der Waals surface area contributed by atoms with Crippen molar-refractivity contribution in [3.8, 4) is 11.5 Å². The quantitative estimate of drug-likeness (QED) is 0.846. The van der Waals surface area contributed by atoms with E-state index in [1.165, 1.54) is 6.42 Å². The number of anilines is 1. The summed E-state index contributed by atoms with van der Waals surface area (Å²) in [6.07, 6.45) is 3.52. The van der Waals surface area contributed by atoms with Crippen molar-refractivity contribution in [1.29, 1.82) is 0 Å². The lowest BCUT2D eigenvalue weighted by atomic mass is 10.1. The first-order chi connectivity index (χ1) is 9.13. The molecule has 0 amide bonds. The van der Waals surface area contributed by atoms with Crippen LogP contribution < -0.4 is 5.73 Å². The van der Waals surface area contributed by atoms with E-state index in [0.717, 1.165) is 30.1 Å². The smallest absolute Gasteiger partial charge is 0.257 e. The van der Waals surface area contributed by atoms with Gasteiger partial charge in [-0.15, -0.1) is 0 Å². The highest BCUT2D eigenvalue weighted by molar-refractivity contribution is 6.33. The number of nitrogens with zero attached hydrogens (tertiary/aromatic N) is 2. The summed E-state index contributed by atoms with van der Waals surface area (Å²) in [7, 11) is 0. The van der Waals surface area contributed by atoms with Gasteiger partial charge in [-0.2, -0.15) is 4.98 Å². The third kappa shape index (κ3) is 2.45. The second-order valence-electron chi connectivity index (χ2n) is 5.31. The molecule has 1 heterocycles. The van der Waals surface area contributed by atoms with Gasteiger partial charge < -0.3 is 10.3 Å². The van der Waals surface area contributed by atoms with Crippen molar-refractivity contribution in [2.45, 2.75) is 32.1 Å². The maximum Gasteiger partial charge on any atom is 0.257 e. The van der Waals surface area contributed by atoms with E-state index >= 15 is 0 Å². The highest BCUT2D eigenvalue weighted by Gasteiger charge is 2.27. The molecule has 0 spiro atoms. The molecule has 3 rings (SSSR count). The van der Waals surface area contributed by atoms with E-state index in [0.29, 0.717) is 22.5 Å². The van der Waals surface area contributed by atoms with Crippen LogP contribution in [0.2, 0.25) is 5.02 Å². The van der Waals surface area contributed by atoms with Gasteiger partial charge in [-0.1, -0.05) is 23.7 Å². The monoisotopic (exact) mass is 277 g/mol. The maximum absolute atomic E-state index is 6.00. The summed E-state index contributed by atoms with van der Waals surface area (Å²) in [5, 5.41) is 4.61. The number of hydrogen-bond acceptors (Lipinski definition) is 4. The fourth-order valence-corrected chi connectivity index (χ4v) is 2.80. The lowest BCUT2D eigenvalue weighted by Crippen LogP contribution is -1.96. The van der Waals surface area contributed by atoms with Crippen molar-refractivity contribution < 1.29 is 4.52 Å². The third-order valence-electron chi connectivity index (χ3n) is 3.75. The Morgan fingerprint density at radius 2 is 2.21 bits per heavy atom. The Morgan fingerprint density at radius 1 is 1.37 bits per heavy atom. The molecule has 0 aliphatic heterocycles. The maximum atomic E-state index is 6.00. The SMILES string of the molecule is CC1CCC(c2noc(-c3ccc(N)c(Cl)c3)n2)C1. The fourth-order valence-electron chi connectivity index (χ4n) is 2.62. The van der Waals surface area contributed by atoms with Gasteiger partial charge in [-0.3, -0.25) is 0 Å². The van der Waals surface area contributed by atoms with Gasteiger partial charge in [0.25, 0.3) is 5.89 Å². The molecule has 1 aromatic carbocycles. The van der Waals surface area contributed by atoms with Crippen LogP contribution in [0.3, 0.4) is 0 Å². The highest BCUT2D eigenvalue weighted by Crippen LogP contribution is 2.37. The lowest BCUT2D eigenvalue weighted by molar-refractivity contribution is 0.414. The van der Waals surface area contributed by atoms with Crippen molar-refractivity contribution in [1.82, 2.24) is 10.1 Å². The third-order valence-corrected chi connectivity index (χ3v) is 4.08. The van der Waals surface area contributed by atoms with Crippen molar-refractivity contribution >= 4 is 17.3 Å². The normalized spacial score (nSPS) is 22.8. The fraction of sp³-hybridized carbons (Fsp3) is 0.429. The van der Waals surface area contributed by atoms with E-state index in [-0.39, 0.29) is 0 Å². The van der Waals surface area contributed by atoms with E-state index in [1.54, 1.807) is 12.1 Å². The van der Waals surface area contributed by atoms with Crippen molar-refractivity contribution in [3.05, 3.63) is 29.0 Å². The lowest BCUT2D eigenvalue weighted by Gasteiger charge is -2.02. The molecular weight excluding hydrogens is 262 g/mol. The number of halogens is 1. The number of rotatable bonds is 2. The molecule has 19 heavy (non-hydrogen) atoms. The predicted octanol–water partition coefficient (Wildman–Crippen LogP) is 3.88. The van der Waals surface area contributed by atoms with E-state index in [1.807, 2.05) is 6.07 Å². The Labute approximate surface area is 117 Å². The molecule has 4 nitrogen and oxygen atoms in total. The molecule has 1 aromatic heterocycles. The Kier molecular flexibility index (Phi) is 3.19. The number of hydrogen-bond donors (Lipinski definition) is 1. The average Bonchev–Trinajstić information content (AvgIpc) is 3.01. The summed E-state index contributed by atoms with van der Waals surface area (Å²) >= 11 is 6.00. The Morgan fingerprint density at radius 3 is 2.89 bits per heavy atom. The highest BCUT2D eigenvalue weighted by atomic mass is 35.5. The molecule has 0 saturated heterocycles. The number of benzene rings is 1. The molecule has 0 bridgehead atoms. The summed E-state index contributed by atoms with van der Waals surface area (Å²) in [6, 6.07) is 5.35. The minimum Gasteiger partial charge on any atom is -0.398 e. The molecular formula is C14H16ClN3O. The Bertz CT molecular complexity index is 596. The second-order valence-corrected chi connectivity index (χ2v) is 5.72. The first kappa shape index (κ1) is 12.5. The Hall–Kier alpha value is -1.55. The molecule has 1 fully saturated rings. The van der Waals surface area contributed by atoms with Crippen molar-refractivity contribution in [2.75, 3.05) is 5.73 Å². The summed E-state index contributed by atoms with van der Waals surface area (Å²) in [4.78, 5) is 4.49. The van der Waals surface area contributed by atoms with Gasteiger partial charge in [0.05, 0.1) is 10.7 Å². The number of nitrogens with two attached hydrogens (primary N) is 1. The van der Waals surface area contributed by atoms with Gasteiger partial charge in [0.1, 0.15) is 0 Å². The molecule has 2 aromatic rings. The minimum absolute atomic E-state index is 0.428. The van der Waals surface area contributed by atoms with Crippen molar-refractivity contribution in [3.63, 3.8) is 0 Å². The largest absolute Gasteiger partial charge is 0.398 e. The zero-order valence-electron chi connectivity index (χ0n) is 10.8. The topological polar surface area (TPSA) is 64.9 Å². The summed E-state index contributed by atoms with van der Waals surface area (Å²) in [6.45, 7) is 2.26.